The predicted molar refractivity (Wildman–Crippen MR) is 127 cm³/mol. The van der Waals surface area contributed by atoms with E-state index in [0.29, 0.717) is 30.8 Å². The SMILES string of the molecule is CN(c1nccc(Nc2cc(C3CC3)[nH]n2)n1)C1CC2(C1)CN(C(=O)c1cccc(C(F)(F)F)c1)C2. The summed E-state index contributed by atoms with van der Waals surface area (Å²) in [7, 11) is 1.96. The highest BCUT2D eigenvalue weighted by Crippen LogP contribution is 2.50. The number of carbonyl (C=O) groups is 1. The van der Waals surface area contributed by atoms with Crippen molar-refractivity contribution in [1.82, 2.24) is 25.1 Å². The zero-order valence-electron chi connectivity index (χ0n) is 19.7. The molecule has 6 rings (SSSR count). The van der Waals surface area contributed by atoms with Crippen LogP contribution in [0, 0.1) is 5.41 Å². The van der Waals surface area contributed by atoms with Crippen molar-refractivity contribution >= 4 is 23.5 Å². The van der Waals surface area contributed by atoms with Crippen LogP contribution >= 0.6 is 0 Å². The predicted octanol–water partition coefficient (Wildman–Crippen LogP) is 4.58. The molecule has 0 bridgehead atoms. The average Bonchev–Trinajstić information content (AvgIpc) is 3.55. The van der Waals surface area contributed by atoms with E-state index in [-0.39, 0.29) is 22.9 Å². The molecule has 1 aromatic carbocycles. The maximum Gasteiger partial charge on any atom is 0.416 e. The summed E-state index contributed by atoms with van der Waals surface area (Å²) >= 11 is 0. The molecule has 2 N–H and O–H groups in total. The molecule has 1 amide bonds. The molecule has 2 aromatic heterocycles. The van der Waals surface area contributed by atoms with Gasteiger partial charge < -0.3 is 15.1 Å². The van der Waals surface area contributed by atoms with Gasteiger partial charge in [0.25, 0.3) is 5.91 Å². The van der Waals surface area contributed by atoms with Gasteiger partial charge in [0.2, 0.25) is 5.95 Å². The van der Waals surface area contributed by atoms with Crippen molar-refractivity contribution in [3.8, 4) is 0 Å². The number of alkyl halides is 3. The number of anilines is 3. The lowest BCUT2D eigenvalue weighted by atomic mass is 9.60. The van der Waals surface area contributed by atoms with E-state index in [4.69, 9.17) is 0 Å². The van der Waals surface area contributed by atoms with Gasteiger partial charge in [-0.05, 0) is 49.9 Å². The van der Waals surface area contributed by atoms with Gasteiger partial charge in [-0.25, -0.2) is 4.98 Å². The second-order valence-electron chi connectivity index (χ2n) is 10.3. The first-order chi connectivity index (χ1) is 17.2. The number of nitrogens with one attached hydrogen (secondary N) is 2. The summed E-state index contributed by atoms with van der Waals surface area (Å²) in [6.45, 7) is 1.11. The number of aromatic amines is 1. The van der Waals surface area contributed by atoms with Gasteiger partial charge in [0.05, 0.1) is 5.56 Å². The summed E-state index contributed by atoms with van der Waals surface area (Å²) in [6, 6.07) is 8.68. The highest BCUT2D eigenvalue weighted by Gasteiger charge is 2.55. The number of hydrogen-bond donors (Lipinski definition) is 2. The third-order valence-electron chi connectivity index (χ3n) is 7.49. The highest BCUT2D eigenvalue weighted by molar-refractivity contribution is 5.95. The van der Waals surface area contributed by atoms with Gasteiger partial charge in [-0.15, -0.1) is 0 Å². The van der Waals surface area contributed by atoms with Crippen LogP contribution in [-0.2, 0) is 6.18 Å². The third-order valence-corrected chi connectivity index (χ3v) is 7.49. The van der Waals surface area contributed by atoms with E-state index in [9.17, 15) is 18.0 Å². The Bertz CT molecular complexity index is 1290. The number of likely N-dealkylation sites (tertiary alicyclic amines) is 1. The molecule has 36 heavy (non-hydrogen) atoms. The van der Waals surface area contributed by atoms with Crippen molar-refractivity contribution in [2.24, 2.45) is 5.41 Å². The number of H-pyrrole nitrogens is 1. The van der Waals surface area contributed by atoms with Gasteiger partial charge in [-0.3, -0.25) is 9.89 Å². The second kappa shape index (κ2) is 8.21. The molecule has 2 aliphatic carbocycles. The first kappa shape index (κ1) is 22.8. The molecule has 11 heteroatoms. The molecule has 0 atom stereocenters. The Hall–Kier alpha value is -3.63. The molecular formula is C25H26F3N7O. The average molecular weight is 498 g/mol. The van der Waals surface area contributed by atoms with Crippen LogP contribution in [0.25, 0.3) is 0 Å². The van der Waals surface area contributed by atoms with Crippen molar-refractivity contribution < 1.29 is 18.0 Å². The number of hydrogen-bond acceptors (Lipinski definition) is 6. The van der Waals surface area contributed by atoms with Crippen LogP contribution in [0.2, 0.25) is 0 Å². The van der Waals surface area contributed by atoms with Gasteiger partial charge in [-0.1, -0.05) is 6.07 Å². The van der Waals surface area contributed by atoms with E-state index < -0.39 is 11.7 Å². The minimum absolute atomic E-state index is 0.0142. The molecule has 3 aromatic rings. The Balaban J connectivity index is 1.04. The van der Waals surface area contributed by atoms with Crippen molar-refractivity contribution in [2.75, 3.05) is 30.4 Å². The minimum Gasteiger partial charge on any atom is -0.341 e. The summed E-state index contributed by atoms with van der Waals surface area (Å²) in [6.07, 6.45) is 1.39. The summed E-state index contributed by atoms with van der Waals surface area (Å²) in [4.78, 5) is 25.5. The topological polar surface area (TPSA) is 90.0 Å². The summed E-state index contributed by atoms with van der Waals surface area (Å²) in [5.41, 5.74) is 0.429. The van der Waals surface area contributed by atoms with Crippen LogP contribution in [0.1, 0.15) is 53.2 Å². The molecule has 2 saturated carbocycles. The minimum atomic E-state index is -4.47. The number of nitrogens with zero attached hydrogens (tertiary/aromatic N) is 5. The Morgan fingerprint density at radius 1 is 1.17 bits per heavy atom. The Labute approximate surface area is 205 Å². The van der Waals surface area contributed by atoms with E-state index in [1.54, 1.807) is 17.2 Å². The summed E-state index contributed by atoms with van der Waals surface area (Å²) in [5, 5.41) is 10.6. The van der Waals surface area contributed by atoms with Gasteiger partial charge in [0.15, 0.2) is 5.82 Å². The quantitative estimate of drug-likeness (QED) is 0.518. The molecule has 1 aliphatic heterocycles. The van der Waals surface area contributed by atoms with E-state index in [1.807, 2.05) is 18.0 Å². The third kappa shape index (κ3) is 4.27. The van der Waals surface area contributed by atoms with E-state index in [2.05, 4.69) is 25.5 Å². The van der Waals surface area contributed by atoms with Crippen LogP contribution in [0.15, 0.2) is 42.6 Å². The normalized spacial score (nSPS) is 19.1. The molecule has 0 unspecified atom stereocenters. The molecule has 1 saturated heterocycles. The van der Waals surface area contributed by atoms with Crippen LogP contribution in [0.3, 0.4) is 0 Å². The fourth-order valence-electron chi connectivity index (χ4n) is 5.28. The maximum atomic E-state index is 13.0. The largest absolute Gasteiger partial charge is 0.416 e. The lowest BCUT2D eigenvalue weighted by Crippen LogP contribution is -2.67. The first-order valence-electron chi connectivity index (χ1n) is 12.0. The van der Waals surface area contributed by atoms with Gasteiger partial charge >= 0.3 is 6.18 Å². The lowest BCUT2D eigenvalue weighted by molar-refractivity contribution is -0.137. The number of carbonyl (C=O) groups excluding carboxylic acids is 1. The molecule has 3 heterocycles. The smallest absolute Gasteiger partial charge is 0.341 e. The summed E-state index contributed by atoms with van der Waals surface area (Å²) < 4.78 is 39.0. The number of amides is 1. The van der Waals surface area contributed by atoms with Crippen molar-refractivity contribution in [3.63, 3.8) is 0 Å². The first-order valence-corrected chi connectivity index (χ1v) is 12.0. The van der Waals surface area contributed by atoms with E-state index in [0.717, 1.165) is 36.5 Å². The fraction of sp³-hybridized carbons (Fsp3) is 0.440. The second-order valence-corrected chi connectivity index (χ2v) is 10.3. The number of benzene rings is 1. The van der Waals surface area contributed by atoms with Crippen molar-refractivity contribution in [3.05, 3.63) is 59.4 Å². The van der Waals surface area contributed by atoms with Gasteiger partial charge in [0.1, 0.15) is 5.82 Å². The van der Waals surface area contributed by atoms with Gasteiger partial charge in [-0.2, -0.15) is 23.3 Å². The zero-order valence-corrected chi connectivity index (χ0v) is 19.7. The molecule has 0 radical (unpaired) electrons. The number of rotatable bonds is 6. The molecule has 3 fully saturated rings. The Kier molecular flexibility index (Phi) is 5.20. The van der Waals surface area contributed by atoms with E-state index in [1.165, 1.54) is 25.0 Å². The standard InChI is InChI=1S/C25H26F3N7O/c1-34(23-29-8-7-20(31-23)30-21-10-19(32-33-21)15-5-6-15)18-11-24(12-18)13-35(14-24)22(36)16-3-2-4-17(9-16)25(26,27)28/h2-4,7-10,15,18H,5-6,11-14H2,1H3,(H2,29,30,31,32,33). The molecule has 1 spiro atoms. The fourth-order valence-corrected chi connectivity index (χ4v) is 5.28. The lowest BCUT2D eigenvalue weighted by Gasteiger charge is -2.60. The summed E-state index contributed by atoms with van der Waals surface area (Å²) in [5.74, 6) is 2.24. The van der Waals surface area contributed by atoms with Crippen LogP contribution in [0.4, 0.5) is 30.8 Å². The van der Waals surface area contributed by atoms with Crippen LogP contribution < -0.4 is 10.2 Å². The monoisotopic (exact) mass is 497 g/mol. The molecular weight excluding hydrogens is 471 g/mol. The molecule has 8 nitrogen and oxygen atoms in total. The van der Waals surface area contributed by atoms with Crippen LogP contribution in [0.5, 0.6) is 0 Å². The van der Waals surface area contributed by atoms with E-state index >= 15 is 0 Å². The Morgan fingerprint density at radius 2 is 1.94 bits per heavy atom. The van der Waals surface area contributed by atoms with Gasteiger partial charge in [0, 0.05) is 61.0 Å². The van der Waals surface area contributed by atoms with Crippen LogP contribution in [-0.4, -0.2) is 57.2 Å². The maximum absolute atomic E-state index is 13.0. The highest BCUT2D eigenvalue weighted by atomic mass is 19.4. The number of halogens is 3. The molecule has 188 valence electrons. The van der Waals surface area contributed by atoms with Crippen molar-refractivity contribution in [2.45, 2.75) is 43.8 Å². The number of aromatic nitrogens is 4. The zero-order chi connectivity index (χ0) is 25.1. The molecule has 3 aliphatic rings. The van der Waals surface area contributed by atoms with Crippen molar-refractivity contribution in [1.29, 1.82) is 0 Å². The Morgan fingerprint density at radius 3 is 2.67 bits per heavy atom.